The van der Waals surface area contributed by atoms with Gasteiger partial charge in [0.05, 0.1) is 23.6 Å². The Bertz CT molecular complexity index is 694. The van der Waals surface area contributed by atoms with Crippen LogP contribution >= 0.6 is 0 Å². The molecule has 7 heteroatoms. The molecule has 0 aliphatic carbocycles. The first-order valence-corrected chi connectivity index (χ1v) is 8.50. The topological polar surface area (TPSA) is 78.5 Å². The van der Waals surface area contributed by atoms with Gasteiger partial charge < -0.3 is 14.7 Å². The molecule has 0 radical (unpaired) electrons. The smallest absolute Gasteiger partial charge is 0.257 e. The minimum atomic E-state index is -0.320. The van der Waals surface area contributed by atoms with Crippen molar-refractivity contribution >= 4 is 5.91 Å². The third kappa shape index (κ3) is 4.24. The lowest BCUT2D eigenvalue weighted by molar-refractivity contribution is 0.00400. The summed E-state index contributed by atoms with van der Waals surface area (Å²) < 4.78 is 18.8. The molecule has 2 N–H and O–H groups in total. The lowest BCUT2D eigenvalue weighted by Gasteiger charge is -2.32. The number of nitrogens with zero attached hydrogens (tertiary/aromatic N) is 2. The van der Waals surface area contributed by atoms with Crippen LogP contribution in [-0.4, -0.2) is 58.5 Å². The number of aliphatic hydroxyl groups is 1. The van der Waals surface area contributed by atoms with Crippen molar-refractivity contribution in [2.75, 3.05) is 26.3 Å². The second-order valence-corrected chi connectivity index (χ2v) is 6.11. The van der Waals surface area contributed by atoms with Crippen molar-refractivity contribution in [1.82, 2.24) is 15.1 Å². The van der Waals surface area contributed by atoms with E-state index >= 15 is 0 Å². The molecule has 0 saturated carbocycles. The number of piperidine rings is 1. The number of nitrogens with one attached hydrogen (secondary N) is 1. The first-order chi connectivity index (χ1) is 12.2. The minimum Gasteiger partial charge on any atom is -0.396 e. The van der Waals surface area contributed by atoms with Crippen LogP contribution in [0.1, 0.15) is 29.6 Å². The van der Waals surface area contributed by atoms with Crippen LogP contribution in [-0.2, 0) is 4.74 Å². The highest BCUT2D eigenvalue weighted by molar-refractivity contribution is 5.99. The van der Waals surface area contributed by atoms with E-state index in [9.17, 15) is 9.18 Å². The van der Waals surface area contributed by atoms with Crippen molar-refractivity contribution in [3.8, 4) is 11.3 Å². The molecule has 1 fully saturated rings. The lowest BCUT2D eigenvalue weighted by Crippen LogP contribution is -2.41. The van der Waals surface area contributed by atoms with E-state index in [4.69, 9.17) is 9.84 Å². The molecule has 6 nitrogen and oxygen atoms in total. The van der Waals surface area contributed by atoms with E-state index in [-0.39, 0.29) is 24.4 Å². The number of aliphatic hydroxyl groups excluding tert-OH is 1. The van der Waals surface area contributed by atoms with Crippen LogP contribution < -0.4 is 0 Å². The lowest BCUT2D eigenvalue weighted by atomic mass is 10.0. The van der Waals surface area contributed by atoms with Gasteiger partial charge in [0.25, 0.3) is 5.91 Å². The van der Waals surface area contributed by atoms with Crippen LogP contribution in [0, 0.1) is 5.82 Å². The van der Waals surface area contributed by atoms with E-state index in [2.05, 4.69) is 10.2 Å². The molecule has 25 heavy (non-hydrogen) atoms. The van der Waals surface area contributed by atoms with Crippen LogP contribution in [0.3, 0.4) is 0 Å². The number of aromatic amines is 1. The number of rotatable bonds is 6. The highest BCUT2D eigenvalue weighted by Gasteiger charge is 2.26. The molecule has 134 valence electrons. The van der Waals surface area contributed by atoms with E-state index in [1.807, 2.05) is 0 Å². The summed E-state index contributed by atoms with van der Waals surface area (Å²) in [5.41, 5.74) is 1.82. The Balaban J connectivity index is 1.63. The van der Waals surface area contributed by atoms with Gasteiger partial charge >= 0.3 is 0 Å². The Kier molecular flexibility index (Phi) is 5.78. The van der Waals surface area contributed by atoms with Gasteiger partial charge in [0.15, 0.2) is 0 Å². The summed E-state index contributed by atoms with van der Waals surface area (Å²) in [5, 5.41) is 15.6. The fraction of sp³-hybridized carbons (Fsp3) is 0.444. The van der Waals surface area contributed by atoms with Gasteiger partial charge in [-0.05, 0) is 43.5 Å². The first kappa shape index (κ1) is 17.6. The van der Waals surface area contributed by atoms with Crippen molar-refractivity contribution in [3.05, 3.63) is 41.8 Å². The number of hydrogen-bond acceptors (Lipinski definition) is 4. The zero-order chi connectivity index (χ0) is 17.6. The maximum absolute atomic E-state index is 13.1. The number of carbonyl (C=O) groups is 1. The quantitative estimate of drug-likeness (QED) is 0.786. The molecular formula is C18H22FN3O3. The van der Waals surface area contributed by atoms with Gasteiger partial charge in [0.2, 0.25) is 0 Å². The zero-order valence-corrected chi connectivity index (χ0v) is 13.9. The van der Waals surface area contributed by atoms with Crippen molar-refractivity contribution in [1.29, 1.82) is 0 Å². The Morgan fingerprint density at radius 3 is 2.72 bits per heavy atom. The molecule has 0 unspecified atom stereocenters. The fourth-order valence-electron chi connectivity index (χ4n) is 3.00. The molecule has 0 bridgehead atoms. The van der Waals surface area contributed by atoms with E-state index in [1.165, 1.54) is 18.3 Å². The third-order valence-corrected chi connectivity index (χ3v) is 4.39. The molecule has 1 aliphatic rings. The molecule has 2 heterocycles. The van der Waals surface area contributed by atoms with Crippen molar-refractivity contribution < 1.29 is 19.0 Å². The highest BCUT2D eigenvalue weighted by Crippen LogP contribution is 2.24. The predicted octanol–water partition coefficient (Wildman–Crippen LogP) is 2.22. The average molecular weight is 347 g/mol. The summed E-state index contributed by atoms with van der Waals surface area (Å²) in [6.45, 7) is 1.92. The predicted molar refractivity (Wildman–Crippen MR) is 90.6 cm³/mol. The molecule has 1 saturated heterocycles. The van der Waals surface area contributed by atoms with Gasteiger partial charge in [-0.3, -0.25) is 9.89 Å². The number of carbonyl (C=O) groups excluding carboxylic acids is 1. The summed E-state index contributed by atoms with van der Waals surface area (Å²) in [5.74, 6) is -0.402. The highest BCUT2D eigenvalue weighted by atomic mass is 19.1. The number of aromatic nitrogens is 2. The molecule has 1 amide bonds. The van der Waals surface area contributed by atoms with Gasteiger partial charge in [-0.25, -0.2) is 4.39 Å². The summed E-state index contributed by atoms with van der Waals surface area (Å²) in [7, 11) is 0. The Morgan fingerprint density at radius 2 is 2.04 bits per heavy atom. The minimum absolute atomic E-state index is 0.0816. The Hall–Kier alpha value is -2.25. The number of halogens is 1. The van der Waals surface area contributed by atoms with Crippen molar-refractivity contribution in [2.45, 2.75) is 25.4 Å². The van der Waals surface area contributed by atoms with Crippen LogP contribution in [0.2, 0.25) is 0 Å². The monoisotopic (exact) mass is 347 g/mol. The average Bonchev–Trinajstić information content (AvgIpc) is 3.12. The Morgan fingerprint density at radius 1 is 1.32 bits per heavy atom. The van der Waals surface area contributed by atoms with Gasteiger partial charge in [0, 0.05) is 31.9 Å². The number of hydrogen-bond donors (Lipinski definition) is 2. The van der Waals surface area contributed by atoms with Crippen molar-refractivity contribution in [3.63, 3.8) is 0 Å². The maximum Gasteiger partial charge on any atom is 0.257 e. The number of ether oxygens (including phenoxy) is 1. The number of H-pyrrole nitrogens is 1. The molecule has 1 aliphatic heterocycles. The van der Waals surface area contributed by atoms with E-state index < -0.39 is 0 Å². The van der Waals surface area contributed by atoms with E-state index in [1.54, 1.807) is 17.0 Å². The summed E-state index contributed by atoms with van der Waals surface area (Å²) >= 11 is 0. The molecule has 0 spiro atoms. The largest absolute Gasteiger partial charge is 0.396 e. The normalized spacial score (nSPS) is 15.5. The van der Waals surface area contributed by atoms with Crippen LogP contribution in [0.5, 0.6) is 0 Å². The maximum atomic E-state index is 13.1. The first-order valence-electron chi connectivity index (χ1n) is 8.50. The standard InChI is InChI=1S/C18H22FN3O3/c19-14-4-2-13(3-5-14)17-16(12-20-21-17)18(24)22-8-6-15(7-9-22)25-11-1-10-23/h2-5,12,15,23H,1,6-11H2,(H,20,21). The Labute approximate surface area is 145 Å². The number of benzene rings is 1. The number of amides is 1. The second kappa shape index (κ2) is 8.22. The molecule has 1 aromatic heterocycles. The summed E-state index contributed by atoms with van der Waals surface area (Å²) in [6.07, 6.45) is 3.85. The van der Waals surface area contributed by atoms with E-state index in [0.717, 1.165) is 18.4 Å². The van der Waals surface area contributed by atoms with Crippen LogP contribution in [0.15, 0.2) is 30.5 Å². The van der Waals surface area contributed by atoms with Gasteiger partial charge in [-0.1, -0.05) is 0 Å². The van der Waals surface area contributed by atoms with Crippen LogP contribution in [0.4, 0.5) is 4.39 Å². The van der Waals surface area contributed by atoms with Gasteiger partial charge in [-0.15, -0.1) is 0 Å². The fourth-order valence-corrected chi connectivity index (χ4v) is 3.00. The van der Waals surface area contributed by atoms with E-state index in [0.29, 0.717) is 37.4 Å². The molecule has 1 aromatic carbocycles. The van der Waals surface area contributed by atoms with Gasteiger partial charge in [0.1, 0.15) is 5.82 Å². The summed E-state index contributed by atoms with van der Waals surface area (Å²) in [4.78, 5) is 14.6. The molecule has 0 atom stereocenters. The third-order valence-electron chi connectivity index (χ3n) is 4.39. The summed E-state index contributed by atoms with van der Waals surface area (Å²) in [6, 6.07) is 5.97. The molecule has 3 rings (SSSR count). The zero-order valence-electron chi connectivity index (χ0n) is 13.9. The second-order valence-electron chi connectivity index (χ2n) is 6.11. The molecule has 2 aromatic rings. The van der Waals surface area contributed by atoms with Gasteiger partial charge in [-0.2, -0.15) is 5.10 Å². The van der Waals surface area contributed by atoms with Crippen molar-refractivity contribution in [2.24, 2.45) is 0 Å². The molecular weight excluding hydrogens is 325 g/mol. The van der Waals surface area contributed by atoms with Crippen LogP contribution in [0.25, 0.3) is 11.3 Å². The SMILES string of the molecule is O=C(c1cn[nH]c1-c1ccc(F)cc1)N1CCC(OCCCO)CC1. The number of likely N-dealkylation sites (tertiary alicyclic amines) is 1.